The molecule has 0 amide bonds. The second kappa shape index (κ2) is 7.56. The summed E-state index contributed by atoms with van der Waals surface area (Å²) in [5.41, 5.74) is 0. The van der Waals surface area contributed by atoms with Crippen LogP contribution in [0.3, 0.4) is 0 Å². The van der Waals surface area contributed by atoms with Crippen molar-refractivity contribution in [2.24, 2.45) is 0 Å². The van der Waals surface area contributed by atoms with Crippen LogP contribution in [0.25, 0.3) is 0 Å². The first-order valence-electron chi connectivity index (χ1n) is 7.23. The van der Waals surface area contributed by atoms with E-state index in [4.69, 9.17) is 9.47 Å². The van der Waals surface area contributed by atoms with Crippen molar-refractivity contribution in [2.75, 3.05) is 44.7 Å². The molecular formula is C13H22N4O3S. The normalized spacial score (nSPS) is 17.6. The summed E-state index contributed by atoms with van der Waals surface area (Å²) in [6, 6.07) is 0. The third-order valence-electron chi connectivity index (χ3n) is 3.65. The molecule has 1 aromatic heterocycles. The molecule has 0 radical (unpaired) electrons. The third kappa shape index (κ3) is 3.82. The first kappa shape index (κ1) is 16.0. The number of hydrogen-bond donors (Lipinski definition) is 0. The average Bonchev–Trinajstić information content (AvgIpc) is 3.00. The number of nitrogens with zero attached hydrogens (tertiary/aromatic N) is 4. The smallest absolute Gasteiger partial charge is 0.347 e. The molecule has 1 fully saturated rings. The zero-order chi connectivity index (χ0) is 15.2. The van der Waals surface area contributed by atoms with Gasteiger partial charge in [-0.2, -0.15) is 4.37 Å². The second-order valence-electron chi connectivity index (χ2n) is 4.85. The Hall–Kier alpha value is -1.41. The number of piperazine rings is 1. The van der Waals surface area contributed by atoms with Crippen LogP contribution >= 0.6 is 11.7 Å². The van der Waals surface area contributed by atoms with Gasteiger partial charge >= 0.3 is 5.97 Å². The highest BCUT2D eigenvalue weighted by Crippen LogP contribution is 2.28. The van der Waals surface area contributed by atoms with Crippen molar-refractivity contribution in [3.63, 3.8) is 0 Å². The number of rotatable bonds is 6. The Morgan fingerprint density at radius 2 is 2.00 bits per heavy atom. The monoisotopic (exact) mass is 314 g/mol. The molecular weight excluding hydrogens is 292 g/mol. The predicted octanol–water partition coefficient (Wildman–Crippen LogP) is 1.01. The lowest BCUT2D eigenvalue weighted by molar-refractivity contribution is -0.149. The van der Waals surface area contributed by atoms with Crippen molar-refractivity contribution in [1.29, 1.82) is 0 Å². The molecule has 7 nitrogen and oxygen atoms in total. The SMILES string of the molecule is CCC(Oc1nsnc1N1CCN(CC)CC1)C(=O)OC. The Balaban J connectivity index is 2.03. The summed E-state index contributed by atoms with van der Waals surface area (Å²) in [4.78, 5) is 16.2. The van der Waals surface area contributed by atoms with E-state index in [1.807, 2.05) is 6.92 Å². The van der Waals surface area contributed by atoms with E-state index < -0.39 is 6.10 Å². The van der Waals surface area contributed by atoms with E-state index >= 15 is 0 Å². The highest BCUT2D eigenvalue weighted by Gasteiger charge is 2.26. The van der Waals surface area contributed by atoms with Gasteiger partial charge in [0, 0.05) is 26.2 Å². The molecule has 2 heterocycles. The number of methoxy groups -OCH3 is 1. The molecule has 8 heteroatoms. The highest BCUT2D eigenvalue weighted by atomic mass is 32.1. The zero-order valence-corrected chi connectivity index (χ0v) is 13.6. The van der Waals surface area contributed by atoms with E-state index in [-0.39, 0.29) is 5.97 Å². The molecule has 1 atom stereocenters. The molecule has 0 saturated carbocycles. The Morgan fingerprint density at radius 1 is 1.29 bits per heavy atom. The number of aromatic nitrogens is 2. The quantitative estimate of drug-likeness (QED) is 0.726. The van der Waals surface area contributed by atoms with Gasteiger partial charge in [-0.15, -0.1) is 4.37 Å². The fraction of sp³-hybridized carbons (Fsp3) is 0.769. The summed E-state index contributed by atoms with van der Waals surface area (Å²) in [6.45, 7) is 8.89. The van der Waals surface area contributed by atoms with Crippen LogP contribution in [0.4, 0.5) is 5.82 Å². The molecule has 1 aliphatic heterocycles. The van der Waals surface area contributed by atoms with Crippen molar-refractivity contribution >= 4 is 23.5 Å². The van der Waals surface area contributed by atoms with Crippen LogP contribution in [0, 0.1) is 0 Å². The lowest BCUT2D eigenvalue weighted by Crippen LogP contribution is -2.46. The van der Waals surface area contributed by atoms with Crippen LogP contribution in [0.1, 0.15) is 20.3 Å². The highest BCUT2D eigenvalue weighted by molar-refractivity contribution is 6.99. The summed E-state index contributed by atoms with van der Waals surface area (Å²) in [5.74, 6) is 0.785. The van der Waals surface area contributed by atoms with Crippen LogP contribution < -0.4 is 9.64 Å². The lowest BCUT2D eigenvalue weighted by Gasteiger charge is -2.34. The van der Waals surface area contributed by atoms with Gasteiger partial charge in [0.1, 0.15) is 0 Å². The molecule has 21 heavy (non-hydrogen) atoms. The minimum absolute atomic E-state index is 0.382. The van der Waals surface area contributed by atoms with Gasteiger partial charge in [0.2, 0.25) is 5.82 Å². The summed E-state index contributed by atoms with van der Waals surface area (Å²) in [5, 5.41) is 0. The van der Waals surface area contributed by atoms with Gasteiger partial charge in [-0.1, -0.05) is 13.8 Å². The molecule has 0 spiro atoms. The van der Waals surface area contributed by atoms with Gasteiger partial charge in [-0.05, 0) is 13.0 Å². The van der Waals surface area contributed by atoms with Gasteiger partial charge < -0.3 is 19.3 Å². The number of ether oxygens (including phenoxy) is 2. The van der Waals surface area contributed by atoms with E-state index in [2.05, 4.69) is 25.5 Å². The van der Waals surface area contributed by atoms with Crippen LogP contribution in [0.5, 0.6) is 5.88 Å². The van der Waals surface area contributed by atoms with Crippen molar-refractivity contribution in [2.45, 2.75) is 26.4 Å². The van der Waals surface area contributed by atoms with Crippen LogP contribution in [0.2, 0.25) is 0 Å². The Labute approximate surface area is 129 Å². The topological polar surface area (TPSA) is 67.8 Å². The lowest BCUT2D eigenvalue weighted by atomic mass is 10.3. The Bertz CT molecular complexity index is 460. The number of carbonyl (C=O) groups excluding carboxylic acids is 1. The maximum absolute atomic E-state index is 11.6. The molecule has 2 rings (SSSR count). The van der Waals surface area contributed by atoms with E-state index in [1.54, 1.807) is 0 Å². The summed E-state index contributed by atoms with van der Waals surface area (Å²) >= 11 is 1.11. The van der Waals surface area contributed by atoms with E-state index in [1.165, 1.54) is 7.11 Å². The van der Waals surface area contributed by atoms with E-state index in [0.717, 1.165) is 50.3 Å². The summed E-state index contributed by atoms with van der Waals surface area (Å²) < 4.78 is 18.9. The number of hydrogen-bond acceptors (Lipinski definition) is 8. The molecule has 1 unspecified atom stereocenters. The van der Waals surface area contributed by atoms with E-state index in [0.29, 0.717) is 12.3 Å². The van der Waals surface area contributed by atoms with Crippen molar-refractivity contribution < 1.29 is 14.3 Å². The maximum atomic E-state index is 11.6. The van der Waals surface area contributed by atoms with Gasteiger partial charge in [-0.25, -0.2) is 4.79 Å². The maximum Gasteiger partial charge on any atom is 0.347 e. The molecule has 1 saturated heterocycles. The van der Waals surface area contributed by atoms with Gasteiger partial charge in [0.05, 0.1) is 18.8 Å². The van der Waals surface area contributed by atoms with Crippen LogP contribution in [-0.4, -0.2) is 65.6 Å². The van der Waals surface area contributed by atoms with Gasteiger partial charge in [0.25, 0.3) is 5.88 Å². The fourth-order valence-corrected chi connectivity index (χ4v) is 2.79. The molecule has 0 aliphatic carbocycles. The molecule has 1 aliphatic rings. The average molecular weight is 314 g/mol. The predicted molar refractivity (Wildman–Crippen MR) is 81.0 cm³/mol. The van der Waals surface area contributed by atoms with E-state index in [9.17, 15) is 4.79 Å². The number of esters is 1. The second-order valence-corrected chi connectivity index (χ2v) is 5.38. The molecule has 0 bridgehead atoms. The van der Waals surface area contributed by atoms with Crippen molar-refractivity contribution in [1.82, 2.24) is 13.6 Å². The van der Waals surface area contributed by atoms with Gasteiger partial charge in [-0.3, -0.25) is 0 Å². The molecule has 0 aromatic carbocycles. The largest absolute Gasteiger partial charge is 0.466 e. The van der Waals surface area contributed by atoms with Crippen molar-refractivity contribution in [3.05, 3.63) is 0 Å². The standard InChI is InChI=1S/C13H22N4O3S/c1-4-10(13(18)19-3)20-12-11(14-21-15-12)17-8-6-16(5-2)7-9-17/h10H,4-9H2,1-3H3. The van der Waals surface area contributed by atoms with Crippen LogP contribution in [0.15, 0.2) is 0 Å². The fourth-order valence-electron chi connectivity index (χ4n) is 2.28. The number of carbonyl (C=O) groups is 1. The molecule has 1 aromatic rings. The van der Waals surface area contributed by atoms with Crippen molar-refractivity contribution in [3.8, 4) is 5.88 Å². The van der Waals surface area contributed by atoms with Gasteiger partial charge in [0.15, 0.2) is 6.10 Å². The Kier molecular flexibility index (Phi) is 5.75. The minimum Gasteiger partial charge on any atom is -0.466 e. The summed E-state index contributed by atoms with van der Waals surface area (Å²) in [7, 11) is 1.36. The Morgan fingerprint density at radius 3 is 2.57 bits per heavy atom. The summed E-state index contributed by atoms with van der Waals surface area (Å²) in [6.07, 6.45) is -0.0950. The van der Waals surface area contributed by atoms with Crippen LogP contribution in [-0.2, 0) is 9.53 Å². The molecule has 0 N–H and O–H groups in total. The zero-order valence-electron chi connectivity index (χ0n) is 12.7. The third-order valence-corrected chi connectivity index (χ3v) is 4.15. The molecule has 118 valence electrons. The first-order chi connectivity index (χ1) is 10.2. The first-order valence-corrected chi connectivity index (χ1v) is 7.96. The number of likely N-dealkylation sites (N-methyl/N-ethyl adjacent to an activating group) is 1. The minimum atomic E-state index is -0.630. The number of anilines is 1.